The monoisotopic (exact) mass is 538 g/mol. The molecule has 1 aromatic rings. The molecule has 6 atom stereocenters. The lowest BCUT2D eigenvalue weighted by molar-refractivity contribution is -0.158. The molecule has 0 saturated carbocycles. The Kier molecular flexibility index (Phi) is 7.61. The number of carboxylic acid groups (broad SMARTS) is 1. The van der Waals surface area contributed by atoms with E-state index in [1.165, 1.54) is 33.1 Å². The predicted octanol–water partition coefficient (Wildman–Crippen LogP) is -0.868. The number of hydrogen-bond donors (Lipinski definition) is 3. The Balaban J connectivity index is 1.40. The normalized spacial score (nSPS) is 28.1. The van der Waals surface area contributed by atoms with Crippen LogP contribution in [0.4, 0.5) is 0 Å². The molecule has 3 amide bonds. The minimum absolute atomic E-state index is 0.0118. The van der Waals surface area contributed by atoms with Crippen LogP contribution < -0.4 is 10.6 Å². The van der Waals surface area contributed by atoms with Crippen LogP contribution in [0.3, 0.4) is 0 Å². The maximum absolute atomic E-state index is 13.1. The summed E-state index contributed by atoms with van der Waals surface area (Å²) >= 11 is 2.62. The number of thioether (sulfide) groups is 2. The lowest BCUT2D eigenvalue weighted by Gasteiger charge is -2.47. The van der Waals surface area contributed by atoms with E-state index < -0.39 is 17.9 Å². The van der Waals surface area contributed by atoms with E-state index in [1.807, 2.05) is 6.92 Å². The summed E-state index contributed by atoms with van der Waals surface area (Å²) in [5, 5.41) is 27.6. The third-order valence-corrected chi connectivity index (χ3v) is 9.28. The minimum Gasteiger partial charge on any atom is -0.477 e. The number of rotatable bonds is 9. The lowest BCUT2D eigenvalue weighted by atomic mass is 9.78. The third-order valence-electron chi connectivity index (χ3n) is 6.76. The fraction of sp³-hybridized carbons (Fsp3) is 0.667. The molecule has 2 saturated heterocycles. The maximum Gasteiger partial charge on any atom is 0.353 e. The number of hydrogen-bond acceptors (Lipinski definition) is 10. The van der Waals surface area contributed by atoms with E-state index in [-0.39, 0.29) is 52.4 Å². The van der Waals surface area contributed by atoms with Gasteiger partial charge in [-0.05, 0) is 23.8 Å². The maximum atomic E-state index is 13.1. The number of amides is 3. The van der Waals surface area contributed by atoms with E-state index in [0.29, 0.717) is 23.0 Å². The van der Waals surface area contributed by atoms with E-state index >= 15 is 0 Å². The van der Waals surface area contributed by atoms with Crippen molar-refractivity contribution in [1.29, 1.82) is 0 Å². The zero-order valence-electron chi connectivity index (χ0n) is 20.7. The molecule has 4 rings (SSSR count). The topological polar surface area (TPSA) is 163 Å². The van der Waals surface area contributed by atoms with Crippen LogP contribution in [0, 0.1) is 11.8 Å². The zero-order chi connectivity index (χ0) is 26.3. The van der Waals surface area contributed by atoms with Crippen molar-refractivity contribution in [2.24, 2.45) is 18.9 Å². The molecule has 196 valence electrons. The SMILES string of the molecule is C[C@@H](NC(=O)CSc1nnnn1C)[C@H]1C(=O)N2C(C(=O)O)=C(S[C@@H]3CN[C@H](C(=O)N(C)C)C3)[C@H](C)[C@H]12. The van der Waals surface area contributed by atoms with Crippen LogP contribution in [-0.4, -0.2) is 109 Å². The Morgan fingerprint density at radius 3 is 2.67 bits per heavy atom. The van der Waals surface area contributed by atoms with Crippen LogP contribution in [-0.2, 0) is 26.2 Å². The van der Waals surface area contributed by atoms with Gasteiger partial charge in [-0.2, -0.15) is 0 Å². The number of nitrogens with one attached hydrogen (secondary N) is 2. The number of nitrogens with zero attached hydrogens (tertiary/aromatic N) is 6. The van der Waals surface area contributed by atoms with Gasteiger partial charge in [0.05, 0.1) is 23.8 Å². The van der Waals surface area contributed by atoms with Crippen molar-refractivity contribution in [3.63, 3.8) is 0 Å². The summed E-state index contributed by atoms with van der Waals surface area (Å²) in [6.45, 7) is 4.26. The first-order valence-electron chi connectivity index (χ1n) is 11.6. The Morgan fingerprint density at radius 1 is 1.33 bits per heavy atom. The van der Waals surface area contributed by atoms with Crippen LogP contribution in [0.2, 0.25) is 0 Å². The minimum atomic E-state index is -1.14. The summed E-state index contributed by atoms with van der Waals surface area (Å²) in [5.74, 6) is -2.36. The Bertz CT molecular complexity index is 1110. The fourth-order valence-electron chi connectivity index (χ4n) is 5.03. The third kappa shape index (κ3) is 4.83. The summed E-state index contributed by atoms with van der Waals surface area (Å²) in [7, 11) is 5.09. The van der Waals surface area contributed by atoms with Crippen molar-refractivity contribution in [1.82, 2.24) is 40.6 Å². The zero-order valence-corrected chi connectivity index (χ0v) is 22.3. The molecule has 3 aliphatic heterocycles. The van der Waals surface area contributed by atoms with Gasteiger partial charge in [-0.3, -0.25) is 14.4 Å². The average molecular weight is 539 g/mol. The molecular formula is C21H30N8O5S2. The summed E-state index contributed by atoms with van der Waals surface area (Å²) in [6, 6.07) is -1.12. The highest BCUT2D eigenvalue weighted by molar-refractivity contribution is 8.03. The number of carboxylic acids is 1. The second-order valence-corrected chi connectivity index (χ2v) is 11.7. The van der Waals surface area contributed by atoms with Gasteiger partial charge in [-0.15, -0.1) is 16.9 Å². The van der Waals surface area contributed by atoms with Crippen molar-refractivity contribution >= 4 is 47.2 Å². The quantitative estimate of drug-likeness (QED) is 0.265. The molecule has 0 spiro atoms. The lowest BCUT2D eigenvalue weighted by Crippen LogP contribution is -2.66. The molecule has 13 nitrogen and oxygen atoms in total. The van der Waals surface area contributed by atoms with E-state index in [9.17, 15) is 24.3 Å². The predicted molar refractivity (Wildman–Crippen MR) is 132 cm³/mol. The smallest absolute Gasteiger partial charge is 0.353 e. The molecule has 0 aliphatic carbocycles. The van der Waals surface area contributed by atoms with E-state index in [2.05, 4.69) is 26.2 Å². The first-order chi connectivity index (χ1) is 17.0. The average Bonchev–Trinajstić information content (AvgIpc) is 3.50. The summed E-state index contributed by atoms with van der Waals surface area (Å²) < 4.78 is 1.46. The Morgan fingerprint density at radius 2 is 2.06 bits per heavy atom. The van der Waals surface area contributed by atoms with Crippen LogP contribution in [0.5, 0.6) is 0 Å². The molecule has 0 unspecified atom stereocenters. The van der Waals surface area contributed by atoms with Crippen LogP contribution in [0.25, 0.3) is 0 Å². The molecule has 3 aliphatic rings. The summed E-state index contributed by atoms with van der Waals surface area (Å²) in [5.41, 5.74) is 0.0185. The number of aliphatic carboxylic acids is 1. The highest BCUT2D eigenvalue weighted by Gasteiger charge is 2.60. The van der Waals surface area contributed by atoms with Gasteiger partial charge < -0.3 is 25.5 Å². The molecule has 4 heterocycles. The van der Waals surface area contributed by atoms with Crippen molar-refractivity contribution in [2.75, 3.05) is 26.4 Å². The largest absolute Gasteiger partial charge is 0.477 e. The van der Waals surface area contributed by atoms with E-state index in [4.69, 9.17) is 0 Å². The van der Waals surface area contributed by atoms with Gasteiger partial charge in [0.15, 0.2) is 0 Å². The van der Waals surface area contributed by atoms with Crippen molar-refractivity contribution < 1.29 is 24.3 Å². The fourth-order valence-corrected chi connectivity index (χ4v) is 7.17. The number of carbonyl (C=O) groups excluding carboxylic acids is 3. The first kappa shape index (κ1) is 26.4. The molecule has 1 aromatic heterocycles. The standard InChI is InChI=1S/C21H30N8O5S2/c1-9-15-14(10(2)23-13(30)8-35-21-24-25-26-28(21)5)19(32)29(15)16(20(33)34)17(9)36-11-6-12(22-7-11)18(31)27(3)4/h9-12,14-15,22H,6-8H2,1-5H3,(H,23,30)(H,33,34)/t9-,10-,11+,12+,14-,15-/m1/s1. The number of aromatic nitrogens is 4. The first-order valence-corrected chi connectivity index (χ1v) is 13.4. The van der Waals surface area contributed by atoms with Crippen LogP contribution in [0.1, 0.15) is 20.3 Å². The van der Waals surface area contributed by atoms with Crippen molar-refractivity contribution in [2.45, 2.75) is 48.8 Å². The van der Waals surface area contributed by atoms with Crippen molar-refractivity contribution in [3.8, 4) is 0 Å². The Hall–Kier alpha value is -2.65. The number of tetrazole rings is 1. The second kappa shape index (κ2) is 10.4. The number of likely N-dealkylation sites (N-methyl/N-ethyl adjacent to an activating group) is 1. The second-order valence-electron chi connectivity index (χ2n) is 9.43. The summed E-state index contributed by atoms with van der Waals surface area (Å²) in [4.78, 5) is 53.6. The molecule has 0 radical (unpaired) electrons. The Labute approximate surface area is 216 Å². The molecular weight excluding hydrogens is 508 g/mol. The van der Waals surface area contributed by atoms with Gasteiger partial charge in [-0.1, -0.05) is 18.7 Å². The van der Waals surface area contributed by atoms with E-state index in [0.717, 1.165) is 0 Å². The molecule has 3 N–H and O–H groups in total. The highest BCUT2D eigenvalue weighted by atomic mass is 32.2. The number of β-lactam (4-membered cyclic amide) rings is 1. The highest BCUT2D eigenvalue weighted by Crippen LogP contribution is 2.51. The van der Waals surface area contributed by atoms with Gasteiger partial charge in [0, 0.05) is 49.8 Å². The van der Waals surface area contributed by atoms with Gasteiger partial charge in [0.25, 0.3) is 0 Å². The van der Waals surface area contributed by atoms with Gasteiger partial charge in [0.1, 0.15) is 5.70 Å². The number of carbonyl (C=O) groups is 4. The number of aryl methyl sites for hydroxylation is 1. The molecule has 15 heteroatoms. The molecule has 36 heavy (non-hydrogen) atoms. The van der Waals surface area contributed by atoms with Crippen LogP contribution >= 0.6 is 23.5 Å². The van der Waals surface area contributed by atoms with Gasteiger partial charge in [-0.25, -0.2) is 9.48 Å². The molecule has 2 fully saturated rings. The van der Waals surface area contributed by atoms with Gasteiger partial charge in [0.2, 0.25) is 22.9 Å². The molecule has 0 bridgehead atoms. The number of fused-ring (bicyclic) bond motifs is 1. The van der Waals surface area contributed by atoms with Crippen molar-refractivity contribution in [3.05, 3.63) is 10.6 Å². The van der Waals surface area contributed by atoms with E-state index in [1.54, 1.807) is 33.0 Å². The molecule has 0 aromatic carbocycles. The summed E-state index contributed by atoms with van der Waals surface area (Å²) in [6.07, 6.45) is 0.581. The van der Waals surface area contributed by atoms with Crippen LogP contribution in [0.15, 0.2) is 15.8 Å². The van der Waals surface area contributed by atoms with Gasteiger partial charge >= 0.3 is 5.97 Å².